The quantitative estimate of drug-likeness (QED) is 0.537. The maximum atomic E-state index is 14.0. The smallest absolute Gasteiger partial charge is 0.253 e. The fraction of sp³-hybridized carbons (Fsp3) is 0.500. The molecule has 0 atom stereocenters. The summed E-state index contributed by atoms with van der Waals surface area (Å²) in [7, 11) is 1.95. The van der Waals surface area contributed by atoms with Gasteiger partial charge in [-0.2, -0.15) is 5.10 Å². The van der Waals surface area contributed by atoms with Crippen LogP contribution in [0.3, 0.4) is 0 Å². The molecule has 4 aliphatic carbocycles. The van der Waals surface area contributed by atoms with Gasteiger partial charge in [0.25, 0.3) is 5.91 Å². The van der Waals surface area contributed by atoms with Crippen LogP contribution in [0.4, 0.5) is 4.39 Å². The lowest BCUT2D eigenvalue weighted by atomic mass is 9.49. The van der Waals surface area contributed by atoms with E-state index in [1.54, 1.807) is 10.6 Å². The molecule has 1 N–H and O–H groups in total. The molecular formula is C28H33FN4O. The minimum absolute atomic E-state index is 0.00694. The summed E-state index contributed by atoms with van der Waals surface area (Å²) in [6.45, 7) is 1.87. The van der Waals surface area contributed by atoms with Crippen LogP contribution in [-0.4, -0.2) is 34.0 Å². The van der Waals surface area contributed by atoms with Crippen LogP contribution in [0.5, 0.6) is 0 Å². The van der Waals surface area contributed by atoms with E-state index in [4.69, 9.17) is 0 Å². The zero-order chi connectivity index (χ0) is 23.3. The first kappa shape index (κ1) is 21.8. The third kappa shape index (κ3) is 4.13. The molecule has 4 saturated carbocycles. The Hall–Kier alpha value is -2.73. The van der Waals surface area contributed by atoms with Crippen molar-refractivity contribution in [3.05, 3.63) is 71.3 Å². The van der Waals surface area contributed by atoms with Gasteiger partial charge in [-0.15, -0.1) is 0 Å². The lowest BCUT2D eigenvalue weighted by molar-refractivity contribution is -0.0503. The summed E-state index contributed by atoms with van der Waals surface area (Å²) < 4.78 is 15.8. The van der Waals surface area contributed by atoms with E-state index in [1.165, 1.54) is 44.6 Å². The monoisotopic (exact) mass is 460 g/mol. The van der Waals surface area contributed by atoms with E-state index in [2.05, 4.69) is 10.4 Å². The standard InChI is InChI=1S/C28H33FN4O/c1-32(16-22-5-2-3-7-25(22)29)17-23-12-26-24(6-4-8-33(26)31-23)27(34)30-18-28-13-19-9-20(14-28)11-21(10-19)15-28/h2-8,12,19-21H,9-11,13-18H2,1H3,(H,30,34). The number of carbonyl (C=O) groups is 1. The van der Waals surface area contributed by atoms with Crippen molar-refractivity contribution in [3.8, 4) is 0 Å². The zero-order valence-electron chi connectivity index (χ0n) is 19.8. The Morgan fingerprint density at radius 1 is 1.09 bits per heavy atom. The number of hydrogen-bond acceptors (Lipinski definition) is 3. The summed E-state index contributed by atoms with van der Waals surface area (Å²) >= 11 is 0. The van der Waals surface area contributed by atoms with Gasteiger partial charge in [-0.1, -0.05) is 18.2 Å². The maximum Gasteiger partial charge on any atom is 0.253 e. The van der Waals surface area contributed by atoms with E-state index in [9.17, 15) is 9.18 Å². The number of aromatic nitrogens is 2. The van der Waals surface area contributed by atoms with Crippen molar-refractivity contribution in [3.63, 3.8) is 0 Å². The number of amides is 1. The fourth-order valence-electron chi connectivity index (χ4n) is 7.45. The molecule has 0 radical (unpaired) electrons. The number of nitrogens with zero attached hydrogens (tertiary/aromatic N) is 3. The van der Waals surface area contributed by atoms with Crippen LogP contribution in [0.2, 0.25) is 0 Å². The lowest BCUT2D eigenvalue weighted by Crippen LogP contribution is -2.51. The van der Waals surface area contributed by atoms with Crippen LogP contribution in [-0.2, 0) is 13.1 Å². The number of fused-ring (bicyclic) bond motifs is 1. The van der Waals surface area contributed by atoms with E-state index >= 15 is 0 Å². The third-order valence-corrected chi connectivity index (χ3v) is 8.42. The summed E-state index contributed by atoms with van der Waals surface area (Å²) in [5.74, 6) is 2.44. The molecule has 4 bridgehead atoms. The van der Waals surface area contributed by atoms with Crippen molar-refractivity contribution in [2.45, 2.75) is 51.6 Å². The van der Waals surface area contributed by atoms with Gasteiger partial charge in [0, 0.05) is 31.4 Å². The molecular weight excluding hydrogens is 427 g/mol. The molecule has 34 heavy (non-hydrogen) atoms. The van der Waals surface area contributed by atoms with Crippen LogP contribution in [0.25, 0.3) is 5.52 Å². The van der Waals surface area contributed by atoms with Gasteiger partial charge in [0.2, 0.25) is 0 Å². The summed E-state index contributed by atoms with van der Waals surface area (Å²) in [5.41, 5.74) is 3.33. The third-order valence-electron chi connectivity index (χ3n) is 8.42. The largest absolute Gasteiger partial charge is 0.351 e. The van der Waals surface area contributed by atoms with Crippen molar-refractivity contribution in [2.75, 3.05) is 13.6 Å². The summed E-state index contributed by atoms with van der Waals surface area (Å²) in [6, 6.07) is 12.6. The number of pyridine rings is 1. The Morgan fingerprint density at radius 3 is 2.50 bits per heavy atom. The van der Waals surface area contributed by atoms with Gasteiger partial charge in [0.1, 0.15) is 5.82 Å². The van der Waals surface area contributed by atoms with Crippen molar-refractivity contribution >= 4 is 11.4 Å². The first-order valence-electron chi connectivity index (χ1n) is 12.6. The van der Waals surface area contributed by atoms with Gasteiger partial charge < -0.3 is 5.32 Å². The maximum absolute atomic E-state index is 14.0. The molecule has 1 aromatic carbocycles. The van der Waals surface area contributed by atoms with Crippen LogP contribution in [0.15, 0.2) is 48.7 Å². The zero-order valence-corrected chi connectivity index (χ0v) is 19.8. The molecule has 4 fully saturated rings. The Kier molecular flexibility index (Phi) is 5.44. The minimum Gasteiger partial charge on any atom is -0.351 e. The molecule has 1 amide bonds. The van der Waals surface area contributed by atoms with Crippen molar-refractivity contribution in [2.24, 2.45) is 23.2 Å². The van der Waals surface area contributed by atoms with Gasteiger partial charge in [-0.05, 0) is 93.0 Å². The first-order valence-corrected chi connectivity index (χ1v) is 12.6. The van der Waals surface area contributed by atoms with Gasteiger partial charge >= 0.3 is 0 Å². The molecule has 2 aromatic heterocycles. The van der Waals surface area contributed by atoms with E-state index in [-0.39, 0.29) is 11.7 Å². The molecule has 7 rings (SSSR count). The predicted molar refractivity (Wildman–Crippen MR) is 130 cm³/mol. The fourth-order valence-corrected chi connectivity index (χ4v) is 7.45. The van der Waals surface area contributed by atoms with Gasteiger partial charge in [-0.25, -0.2) is 8.91 Å². The normalized spacial score (nSPS) is 27.6. The van der Waals surface area contributed by atoms with Crippen LogP contribution in [0.1, 0.15) is 60.1 Å². The van der Waals surface area contributed by atoms with Gasteiger partial charge in [0.05, 0.1) is 16.8 Å². The number of carbonyl (C=O) groups excluding carboxylic acids is 1. The molecule has 0 unspecified atom stereocenters. The second kappa shape index (κ2) is 8.49. The van der Waals surface area contributed by atoms with Crippen molar-refractivity contribution in [1.29, 1.82) is 0 Å². The number of benzene rings is 1. The van der Waals surface area contributed by atoms with Crippen LogP contribution < -0.4 is 5.32 Å². The first-order chi connectivity index (χ1) is 16.5. The van der Waals surface area contributed by atoms with Gasteiger partial charge in [0.15, 0.2) is 0 Å². The van der Waals surface area contributed by atoms with Crippen molar-refractivity contribution < 1.29 is 9.18 Å². The molecule has 0 aliphatic heterocycles. The van der Waals surface area contributed by atoms with E-state index < -0.39 is 0 Å². The topological polar surface area (TPSA) is 49.6 Å². The molecule has 4 aliphatic rings. The summed E-state index contributed by atoms with van der Waals surface area (Å²) in [6.07, 6.45) is 9.98. The Bertz CT molecular complexity index is 1180. The molecule has 6 heteroatoms. The summed E-state index contributed by atoms with van der Waals surface area (Å²) in [4.78, 5) is 15.3. The highest BCUT2D eigenvalue weighted by Gasteiger charge is 2.50. The molecule has 0 saturated heterocycles. The van der Waals surface area contributed by atoms with Crippen molar-refractivity contribution in [1.82, 2.24) is 19.8 Å². The molecule has 5 nitrogen and oxygen atoms in total. The van der Waals surface area contributed by atoms with Crippen LogP contribution in [0, 0.1) is 29.0 Å². The summed E-state index contributed by atoms with van der Waals surface area (Å²) in [5, 5.41) is 7.98. The molecule has 2 heterocycles. The predicted octanol–water partition coefficient (Wildman–Crippen LogP) is 5.05. The second-order valence-corrected chi connectivity index (χ2v) is 11.3. The highest BCUT2D eigenvalue weighted by Crippen LogP contribution is 2.59. The Balaban J connectivity index is 1.15. The number of nitrogens with one attached hydrogen (secondary N) is 1. The van der Waals surface area contributed by atoms with Crippen LogP contribution >= 0.6 is 0 Å². The second-order valence-electron chi connectivity index (χ2n) is 11.3. The highest BCUT2D eigenvalue weighted by atomic mass is 19.1. The van der Waals surface area contributed by atoms with E-state index in [1.807, 2.05) is 48.5 Å². The Morgan fingerprint density at radius 2 is 1.79 bits per heavy atom. The number of hydrogen-bond donors (Lipinski definition) is 1. The SMILES string of the molecule is CN(Cc1cc2c(C(=O)NCC34CC5CC(CC(C5)C3)C4)cccn2n1)Cc1ccccc1F. The van der Waals surface area contributed by atoms with Gasteiger partial charge in [-0.3, -0.25) is 9.69 Å². The lowest BCUT2D eigenvalue weighted by Gasteiger charge is -2.56. The molecule has 3 aromatic rings. The highest BCUT2D eigenvalue weighted by molar-refractivity contribution is 6.00. The van der Waals surface area contributed by atoms with E-state index in [0.717, 1.165) is 35.5 Å². The number of rotatable bonds is 7. The average molecular weight is 461 g/mol. The van der Waals surface area contributed by atoms with E-state index in [0.29, 0.717) is 29.6 Å². The Labute approximate surface area is 200 Å². The minimum atomic E-state index is -0.192. The number of halogens is 1. The molecule has 0 spiro atoms. The molecule has 178 valence electrons. The average Bonchev–Trinajstić information content (AvgIpc) is 3.20.